The largest absolute Gasteiger partial charge is 0.395 e. The van der Waals surface area contributed by atoms with Gasteiger partial charge in [-0.1, -0.05) is 0 Å². The first-order valence-corrected chi connectivity index (χ1v) is 6.58. The molecule has 0 atom stereocenters. The Morgan fingerprint density at radius 1 is 1.50 bits per heavy atom. The number of sulfone groups is 1. The predicted octanol–water partition coefficient (Wildman–Crippen LogP) is -0.986. The van der Waals surface area contributed by atoms with Crippen LogP contribution in [0.5, 0.6) is 0 Å². The molecule has 1 fully saturated rings. The first-order chi connectivity index (χ1) is 6.44. The molecule has 0 radical (unpaired) electrons. The molecule has 0 unspecified atom stereocenters. The molecule has 1 saturated carbocycles. The summed E-state index contributed by atoms with van der Waals surface area (Å²) in [6.45, 7) is 0.116. The van der Waals surface area contributed by atoms with Crippen molar-refractivity contribution in [3.63, 3.8) is 0 Å². The highest BCUT2D eigenvalue weighted by Gasteiger charge is 2.32. The summed E-state index contributed by atoms with van der Waals surface area (Å²) < 4.78 is 21.8. The SMILES string of the molecule is CS(=O)(=O)CC(=O)N(CCO)C1CC1. The van der Waals surface area contributed by atoms with Crippen LogP contribution >= 0.6 is 0 Å². The molecule has 82 valence electrons. The summed E-state index contributed by atoms with van der Waals surface area (Å²) in [5.41, 5.74) is 0. The highest BCUT2D eigenvalue weighted by molar-refractivity contribution is 7.91. The molecule has 0 aromatic rings. The van der Waals surface area contributed by atoms with Gasteiger partial charge in [0.25, 0.3) is 0 Å². The van der Waals surface area contributed by atoms with E-state index in [1.54, 1.807) is 0 Å². The van der Waals surface area contributed by atoms with E-state index in [1.165, 1.54) is 4.90 Å². The summed E-state index contributed by atoms with van der Waals surface area (Å²) in [6.07, 6.45) is 2.86. The number of aliphatic hydroxyl groups is 1. The molecule has 0 bridgehead atoms. The molecule has 14 heavy (non-hydrogen) atoms. The summed E-state index contributed by atoms with van der Waals surface area (Å²) in [5, 5.41) is 8.72. The van der Waals surface area contributed by atoms with Crippen molar-refractivity contribution >= 4 is 15.7 Å². The van der Waals surface area contributed by atoms with E-state index in [0.717, 1.165) is 19.1 Å². The fraction of sp³-hybridized carbons (Fsp3) is 0.875. The lowest BCUT2D eigenvalue weighted by Gasteiger charge is -2.20. The lowest BCUT2D eigenvalue weighted by molar-refractivity contribution is -0.129. The number of carbonyl (C=O) groups is 1. The number of hydrogen-bond acceptors (Lipinski definition) is 4. The minimum absolute atomic E-state index is 0.119. The van der Waals surface area contributed by atoms with Crippen molar-refractivity contribution in [2.45, 2.75) is 18.9 Å². The van der Waals surface area contributed by atoms with Gasteiger partial charge in [0.1, 0.15) is 5.75 Å². The van der Waals surface area contributed by atoms with Crippen molar-refractivity contribution < 1.29 is 18.3 Å². The third-order valence-electron chi connectivity index (χ3n) is 2.03. The highest BCUT2D eigenvalue weighted by Crippen LogP contribution is 2.26. The normalized spacial score (nSPS) is 16.7. The maximum atomic E-state index is 11.5. The van der Waals surface area contributed by atoms with Crippen molar-refractivity contribution in [1.82, 2.24) is 4.90 Å². The van der Waals surface area contributed by atoms with Crippen LogP contribution in [0.3, 0.4) is 0 Å². The summed E-state index contributed by atoms with van der Waals surface area (Å²) in [7, 11) is -3.27. The van der Waals surface area contributed by atoms with E-state index in [-0.39, 0.29) is 19.2 Å². The Morgan fingerprint density at radius 3 is 2.43 bits per heavy atom. The van der Waals surface area contributed by atoms with Crippen LogP contribution < -0.4 is 0 Å². The lowest BCUT2D eigenvalue weighted by atomic mass is 10.4. The van der Waals surface area contributed by atoms with Gasteiger partial charge in [-0.25, -0.2) is 8.42 Å². The minimum Gasteiger partial charge on any atom is -0.395 e. The molecule has 0 aromatic carbocycles. The molecule has 1 aliphatic rings. The van der Waals surface area contributed by atoms with Crippen LogP contribution in [-0.4, -0.2) is 55.5 Å². The molecule has 0 saturated heterocycles. The average molecular weight is 221 g/mol. The van der Waals surface area contributed by atoms with E-state index >= 15 is 0 Å². The van der Waals surface area contributed by atoms with Crippen LogP contribution in [0.15, 0.2) is 0 Å². The molecule has 5 nitrogen and oxygen atoms in total. The standard InChI is InChI=1S/C8H15NO4S/c1-14(12,13)6-8(11)9(4-5-10)7-2-3-7/h7,10H,2-6H2,1H3. The third-order valence-corrected chi connectivity index (χ3v) is 2.81. The van der Waals surface area contributed by atoms with Crippen LogP contribution in [0.25, 0.3) is 0 Å². The van der Waals surface area contributed by atoms with Crippen molar-refractivity contribution in [3.8, 4) is 0 Å². The van der Waals surface area contributed by atoms with Gasteiger partial charge in [-0.05, 0) is 12.8 Å². The van der Waals surface area contributed by atoms with Gasteiger partial charge >= 0.3 is 0 Å². The Bertz CT molecular complexity index is 307. The number of hydrogen-bond donors (Lipinski definition) is 1. The molecule has 1 rings (SSSR count). The fourth-order valence-electron chi connectivity index (χ4n) is 1.31. The van der Waals surface area contributed by atoms with Crippen LogP contribution in [0.1, 0.15) is 12.8 Å². The first kappa shape index (κ1) is 11.5. The monoisotopic (exact) mass is 221 g/mol. The van der Waals surface area contributed by atoms with Crippen LogP contribution in [0.4, 0.5) is 0 Å². The van der Waals surface area contributed by atoms with Crippen molar-refractivity contribution in [3.05, 3.63) is 0 Å². The Labute approximate surface area is 83.6 Å². The van der Waals surface area contributed by atoms with Gasteiger partial charge < -0.3 is 10.0 Å². The minimum atomic E-state index is -3.27. The molecular weight excluding hydrogens is 206 g/mol. The lowest BCUT2D eigenvalue weighted by Crippen LogP contribution is -2.39. The van der Waals surface area contributed by atoms with Gasteiger partial charge in [0.2, 0.25) is 5.91 Å². The molecule has 0 aliphatic heterocycles. The predicted molar refractivity (Wildman–Crippen MR) is 51.5 cm³/mol. The topological polar surface area (TPSA) is 74.7 Å². The number of rotatable bonds is 5. The van der Waals surface area contributed by atoms with Gasteiger partial charge in [0.05, 0.1) is 6.61 Å². The second-order valence-corrected chi connectivity index (χ2v) is 5.75. The van der Waals surface area contributed by atoms with E-state index in [2.05, 4.69) is 0 Å². The zero-order valence-corrected chi connectivity index (χ0v) is 8.96. The Balaban J connectivity index is 2.55. The average Bonchev–Trinajstić information content (AvgIpc) is 2.78. The van der Waals surface area contributed by atoms with Gasteiger partial charge in [-0.15, -0.1) is 0 Å². The molecular formula is C8H15NO4S. The second kappa shape index (κ2) is 4.27. The van der Waals surface area contributed by atoms with E-state index in [4.69, 9.17) is 5.11 Å². The van der Waals surface area contributed by atoms with E-state index < -0.39 is 21.5 Å². The van der Waals surface area contributed by atoms with Gasteiger partial charge in [0, 0.05) is 18.8 Å². The molecule has 0 aromatic heterocycles. The molecule has 6 heteroatoms. The van der Waals surface area contributed by atoms with Crippen LogP contribution in [0, 0.1) is 0 Å². The molecule has 0 heterocycles. The molecule has 1 N–H and O–H groups in total. The fourth-order valence-corrected chi connectivity index (χ4v) is 1.93. The number of carbonyl (C=O) groups excluding carboxylic acids is 1. The number of nitrogens with zero attached hydrogens (tertiary/aromatic N) is 1. The summed E-state index contributed by atoms with van der Waals surface area (Å²) >= 11 is 0. The maximum absolute atomic E-state index is 11.5. The number of aliphatic hydroxyl groups excluding tert-OH is 1. The highest BCUT2D eigenvalue weighted by atomic mass is 32.2. The van der Waals surface area contributed by atoms with E-state index in [9.17, 15) is 13.2 Å². The zero-order chi connectivity index (χ0) is 10.8. The summed E-state index contributed by atoms with van der Waals surface area (Å²) in [5.74, 6) is -0.854. The van der Waals surface area contributed by atoms with Crippen molar-refractivity contribution in [2.75, 3.05) is 25.2 Å². The van der Waals surface area contributed by atoms with E-state index in [0.29, 0.717) is 0 Å². The van der Waals surface area contributed by atoms with E-state index in [1.807, 2.05) is 0 Å². The molecule has 1 amide bonds. The Morgan fingerprint density at radius 2 is 2.07 bits per heavy atom. The first-order valence-electron chi connectivity index (χ1n) is 4.52. The Hall–Kier alpha value is -0.620. The number of amides is 1. The smallest absolute Gasteiger partial charge is 0.238 e. The van der Waals surface area contributed by atoms with Crippen molar-refractivity contribution in [1.29, 1.82) is 0 Å². The van der Waals surface area contributed by atoms with Crippen LogP contribution in [0.2, 0.25) is 0 Å². The van der Waals surface area contributed by atoms with Crippen molar-refractivity contribution in [2.24, 2.45) is 0 Å². The van der Waals surface area contributed by atoms with Gasteiger partial charge in [-0.2, -0.15) is 0 Å². The molecule has 0 spiro atoms. The van der Waals surface area contributed by atoms with Gasteiger partial charge in [0.15, 0.2) is 9.84 Å². The summed E-state index contributed by atoms with van der Waals surface area (Å²) in [4.78, 5) is 12.9. The third kappa shape index (κ3) is 3.63. The van der Waals surface area contributed by atoms with Crippen LogP contribution in [-0.2, 0) is 14.6 Å². The quantitative estimate of drug-likeness (QED) is 0.647. The Kier molecular flexibility index (Phi) is 3.49. The zero-order valence-electron chi connectivity index (χ0n) is 8.14. The molecule has 1 aliphatic carbocycles. The second-order valence-electron chi connectivity index (χ2n) is 3.61. The van der Waals surface area contributed by atoms with Gasteiger partial charge in [-0.3, -0.25) is 4.79 Å². The summed E-state index contributed by atoms with van der Waals surface area (Å²) in [6, 6.07) is 0.149. The maximum Gasteiger partial charge on any atom is 0.238 e.